The number of hydrogen-bond donors (Lipinski definition) is 1. The van der Waals surface area contributed by atoms with Crippen LogP contribution in [0.4, 0.5) is 0 Å². The van der Waals surface area contributed by atoms with E-state index in [1.165, 1.54) is 5.56 Å². The Balaban J connectivity index is 1.66. The first-order chi connectivity index (χ1) is 9.12. The number of hydrogen-bond acceptors (Lipinski definition) is 3. The Morgan fingerprint density at radius 1 is 1.47 bits per heavy atom. The molecule has 4 heteroatoms. The molecule has 0 unspecified atom stereocenters. The molecule has 2 aliphatic rings. The number of nitrogens with zero attached hydrogens (tertiary/aromatic N) is 1. The Kier molecular flexibility index (Phi) is 3.31. The standard InChI is InChI=1S/C15H19NO2S/c1-19-8-11-3-2-4-12(7-11)14(17)16-9-15(18,10-16)13-5-6-13/h2-4,7,13,18H,5-6,8-10H2,1H3. The predicted octanol–water partition coefficient (Wildman–Crippen LogP) is 2.15. The summed E-state index contributed by atoms with van der Waals surface area (Å²) in [5, 5.41) is 10.3. The smallest absolute Gasteiger partial charge is 0.254 e. The van der Waals surface area contributed by atoms with Crippen molar-refractivity contribution in [1.82, 2.24) is 4.90 Å². The molecule has 1 N–H and O–H groups in total. The van der Waals surface area contributed by atoms with Crippen molar-refractivity contribution in [2.75, 3.05) is 19.3 Å². The molecule has 3 nitrogen and oxygen atoms in total. The van der Waals surface area contributed by atoms with E-state index in [1.807, 2.05) is 24.3 Å². The summed E-state index contributed by atoms with van der Waals surface area (Å²) in [5.41, 5.74) is 1.33. The van der Waals surface area contributed by atoms with Crippen molar-refractivity contribution in [1.29, 1.82) is 0 Å². The molecule has 1 aromatic rings. The Hall–Kier alpha value is -1.00. The minimum absolute atomic E-state index is 0.0493. The highest BCUT2D eigenvalue weighted by Crippen LogP contribution is 2.44. The van der Waals surface area contributed by atoms with E-state index < -0.39 is 5.60 Å². The molecule has 1 saturated heterocycles. The van der Waals surface area contributed by atoms with Crippen molar-refractivity contribution in [2.24, 2.45) is 5.92 Å². The molecule has 0 atom stereocenters. The first-order valence-corrected chi connectivity index (χ1v) is 8.11. The van der Waals surface area contributed by atoms with Gasteiger partial charge in [0.1, 0.15) is 5.60 Å². The van der Waals surface area contributed by atoms with Crippen LogP contribution in [-0.2, 0) is 5.75 Å². The van der Waals surface area contributed by atoms with Gasteiger partial charge in [0.2, 0.25) is 0 Å². The van der Waals surface area contributed by atoms with Crippen LogP contribution in [0, 0.1) is 5.92 Å². The van der Waals surface area contributed by atoms with Gasteiger partial charge < -0.3 is 10.0 Å². The van der Waals surface area contributed by atoms with E-state index in [0.29, 0.717) is 19.0 Å². The molecule has 0 bridgehead atoms. The maximum absolute atomic E-state index is 12.3. The summed E-state index contributed by atoms with van der Waals surface area (Å²) in [6.45, 7) is 1.01. The number of carbonyl (C=O) groups excluding carboxylic acids is 1. The summed E-state index contributed by atoms with van der Waals surface area (Å²) < 4.78 is 0. The second-order valence-corrected chi connectivity index (χ2v) is 6.54. The number of benzene rings is 1. The van der Waals surface area contributed by atoms with Crippen molar-refractivity contribution < 1.29 is 9.90 Å². The fourth-order valence-corrected chi connectivity index (χ4v) is 3.29. The molecule has 102 valence electrons. The summed E-state index contributed by atoms with van der Waals surface area (Å²) in [4.78, 5) is 14.1. The zero-order valence-electron chi connectivity index (χ0n) is 11.1. The molecule has 1 heterocycles. The Labute approximate surface area is 118 Å². The maximum atomic E-state index is 12.3. The zero-order valence-corrected chi connectivity index (χ0v) is 11.9. The third kappa shape index (κ3) is 2.51. The van der Waals surface area contributed by atoms with Gasteiger partial charge in [-0.1, -0.05) is 12.1 Å². The predicted molar refractivity (Wildman–Crippen MR) is 77.2 cm³/mol. The van der Waals surface area contributed by atoms with Gasteiger partial charge >= 0.3 is 0 Å². The van der Waals surface area contributed by atoms with Gasteiger partial charge in [-0.05, 0) is 42.7 Å². The van der Waals surface area contributed by atoms with Gasteiger partial charge in [0, 0.05) is 11.3 Å². The normalized spacial score (nSPS) is 21.1. The summed E-state index contributed by atoms with van der Waals surface area (Å²) in [5.74, 6) is 1.40. The number of rotatable bonds is 4. The molecule has 2 fully saturated rings. The molecular formula is C15H19NO2S. The van der Waals surface area contributed by atoms with Crippen LogP contribution in [0.5, 0.6) is 0 Å². The van der Waals surface area contributed by atoms with Gasteiger partial charge in [0.15, 0.2) is 0 Å². The minimum Gasteiger partial charge on any atom is -0.386 e. The topological polar surface area (TPSA) is 40.5 Å². The van der Waals surface area contributed by atoms with E-state index in [0.717, 1.165) is 24.2 Å². The molecule has 0 radical (unpaired) electrons. The van der Waals surface area contributed by atoms with Crippen LogP contribution < -0.4 is 0 Å². The highest BCUT2D eigenvalue weighted by Gasteiger charge is 2.53. The molecule has 0 spiro atoms. The van der Waals surface area contributed by atoms with Crippen molar-refractivity contribution in [2.45, 2.75) is 24.2 Å². The van der Waals surface area contributed by atoms with Crippen LogP contribution in [0.2, 0.25) is 0 Å². The van der Waals surface area contributed by atoms with Crippen molar-refractivity contribution in [3.8, 4) is 0 Å². The van der Waals surface area contributed by atoms with Gasteiger partial charge in [-0.3, -0.25) is 4.79 Å². The Morgan fingerprint density at radius 3 is 2.84 bits per heavy atom. The third-order valence-electron chi connectivity index (χ3n) is 4.04. The van der Waals surface area contributed by atoms with Gasteiger partial charge in [-0.15, -0.1) is 0 Å². The molecular weight excluding hydrogens is 258 g/mol. The highest BCUT2D eigenvalue weighted by atomic mass is 32.2. The van der Waals surface area contributed by atoms with E-state index in [-0.39, 0.29) is 5.91 Å². The lowest BCUT2D eigenvalue weighted by atomic mass is 9.88. The lowest BCUT2D eigenvalue weighted by molar-refractivity contribution is -0.0958. The number of thioether (sulfide) groups is 1. The van der Waals surface area contributed by atoms with Crippen molar-refractivity contribution in [3.05, 3.63) is 35.4 Å². The average Bonchev–Trinajstić information content (AvgIpc) is 3.19. The van der Waals surface area contributed by atoms with Crippen LogP contribution in [0.1, 0.15) is 28.8 Å². The summed E-state index contributed by atoms with van der Waals surface area (Å²) in [7, 11) is 0. The monoisotopic (exact) mass is 277 g/mol. The van der Waals surface area contributed by atoms with E-state index >= 15 is 0 Å². The van der Waals surface area contributed by atoms with E-state index in [2.05, 4.69) is 6.26 Å². The van der Waals surface area contributed by atoms with Gasteiger partial charge in [0.05, 0.1) is 13.1 Å². The number of amides is 1. The molecule has 19 heavy (non-hydrogen) atoms. The molecule has 3 rings (SSSR count). The lowest BCUT2D eigenvalue weighted by Crippen LogP contribution is -2.64. The van der Waals surface area contributed by atoms with Crippen molar-refractivity contribution in [3.63, 3.8) is 0 Å². The summed E-state index contributed by atoms with van der Waals surface area (Å²) in [6.07, 6.45) is 4.28. The van der Waals surface area contributed by atoms with E-state index in [4.69, 9.17) is 0 Å². The second-order valence-electron chi connectivity index (χ2n) is 5.67. The number of β-amino-alcohol motifs (C(OH)–C–C–N with tert-alkyl or cyclic N) is 1. The van der Waals surface area contributed by atoms with Crippen LogP contribution in [-0.4, -0.2) is 40.9 Å². The fourth-order valence-electron chi connectivity index (χ4n) is 2.78. The van der Waals surface area contributed by atoms with Crippen molar-refractivity contribution >= 4 is 17.7 Å². The lowest BCUT2D eigenvalue weighted by Gasteiger charge is -2.47. The highest BCUT2D eigenvalue weighted by molar-refractivity contribution is 7.97. The quantitative estimate of drug-likeness (QED) is 0.916. The van der Waals surface area contributed by atoms with E-state index in [1.54, 1.807) is 16.7 Å². The molecule has 1 aliphatic heterocycles. The first-order valence-electron chi connectivity index (χ1n) is 6.72. The van der Waals surface area contributed by atoms with Gasteiger partial charge in [-0.2, -0.15) is 11.8 Å². The minimum atomic E-state index is -0.591. The zero-order chi connectivity index (χ0) is 13.5. The number of carbonyl (C=O) groups is 1. The number of likely N-dealkylation sites (tertiary alicyclic amines) is 1. The fraction of sp³-hybridized carbons (Fsp3) is 0.533. The van der Waals surface area contributed by atoms with Crippen LogP contribution >= 0.6 is 11.8 Å². The van der Waals surface area contributed by atoms with Gasteiger partial charge in [-0.25, -0.2) is 0 Å². The number of aliphatic hydroxyl groups is 1. The summed E-state index contributed by atoms with van der Waals surface area (Å²) in [6, 6.07) is 7.81. The molecule has 1 saturated carbocycles. The third-order valence-corrected chi connectivity index (χ3v) is 4.66. The SMILES string of the molecule is CSCc1cccc(C(=O)N2CC(O)(C3CC3)C2)c1. The molecule has 1 aromatic carbocycles. The van der Waals surface area contributed by atoms with E-state index in [9.17, 15) is 9.90 Å². The summed E-state index contributed by atoms with van der Waals surface area (Å²) >= 11 is 1.75. The van der Waals surface area contributed by atoms with Crippen LogP contribution in [0.3, 0.4) is 0 Å². The second kappa shape index (κ2) is 4.84. The maximum Gasteiger partial charge on any atom is 0.254 e. The Morgan fingerprint density at radius 2 is 2.21 bits per heavy atom. The first kappa shape index (κ1) is 13.0. The molecule has 0 aromatic heterocycles. The largest absolute Gasteiger partial charge is 0.386 e. The molecule has 1 aliphatic carbocycles. The Bertz CT molecular complexity index is 493. The molecule has 1 amide bonds. The average molecular weight is 277 g/mol. The van der Waals surface area contributed by atoms with Crippen LogP contribution in [0.25, 0.3) is 0 Å². The van der Waals surface area contributed by atoms with Gasteiger partial charge in [0.25, 0.3) is 5.91 Å². The van der Waals surface area contributed by atoms with Crippen LogP contribution in [0.15, 0.2) is 24.3 Å².